The van der Waals surface area contributed by atoms with Gasteiger partial charge in [-0.1, -0.05) is 78.9 Å². The second-order valence-electron chi connectivity index (χ2n) is 9.55. The molecule has 0 N–H and O–H groups in total. The maximum atomic E-state index is 15.5. The van der Waals surface area contributed by atoms with Gasteiger partial charge in [0, 0.05) is 5.56 Å². The zero-order valence-electron chi connectivity index (χ0n) is 20.2. The van der Waals surface area contributed by atoms with Crippen LogP contribution >= 0.6 is 0 Å². The minimum atomic E-state index is -2.18. The van der Waals surface area contributed by atoms with Gasteiger partial charge in [-0.2, -0.15) is 0 Å². The van der Waals surface area contributed by atoms with Crippen LogP contribution in [0.3, 0.4) is 0 Å². The smallest absolute Gasteiger partial charge is 0.200 e. The van der Waals surface area contributed by atoms with E-state index in [2.05, 4.69) is 0 Å². The molecule has 0 saturated heterocycles. The third-order valence-electron chi connectivity index (χ3n) is 7.37. The maximum absolute atomic E-state index is 15.5. The Balaban J connectivity index is 1.82. The van der Waals surface area contributed by atoms with Gasteiger partial charge in [0.15, 0.2) is 23.3 Å². The molecule has 0 aromatic heterocycles. The van der Waals surface area contributed by atoms with Gasteiger partial charge in [-0.15, -0.1) is 0 Å². The average Bonchev–Trinajstić information content (AvgIpc) is 2.97. The fourth-order valence-corrected chi connectivity index (χ4v) is 5.61. The van der Waals surface area contributed by atoms with Crippen molar-refractivity contribution >= 4 is 43.1 Å². The largest absolute Gasteiger partial charge is 0.203 e. The summed E-state index contributed by atoms with van der Waals surface area (Å²) in [6, 6.07) is 31.9. The van der Waals surface area contributed by atoms with E-state index in [1.807, 2.05) is 91.0 Å². The molecule has 7 rings (SSSR count). The predicted molar refractivity (Wildman–Crippen MR) is 147 cm³/mol. The van der Waals surface area contributed by atoms with Crippen LogP contribution in [0.15, 0.2) is 103 Å². The van der Waals surface area contributed by atoms with Crippen LogP contribution in [0.2, 0.25) is 0 Å². The Kier molecular flexibility index (Phi) is 5.17. The highest BCUT2D eigenvalue weighted by molar-refractivity contribution is 6.25. The monoisotopic (exact) mass is 520 g/mol. The molecule has 0 spiro atoms. The number of hydrogen-bond donors (Lipinski definition) is 0. The Morgan fingerprint density at radius 1 is 0.308 bits per heavy atom. The van der Waals surface area contributed by atoms with Crippen molar-refractivity contribution in [1.82, 2.24) is 0 Å². The zero-order chi connectivity index (χ0) is 26.8. The van der Waals surface area contributed by atoms with Crippen LogP contribution in [0.5, 0.6) is 0 Å². The van der Waals surface area contributed by atoms with Gasteiger partial charge in [0.25, 0.3) is 0 Å². The van der Waals surface area contributed by atoms with Crippen molar-refractivity contribution in [2.75, 3.05) is 0 Å². The van der Waals surface area contributed by atoms with E-state index in [-0.39, 0.29) is 5.56 Å². The Labute approximate surface area is 219 Å². The molecule has 0 amide bonds. The summed E-state index contributed by atoms with van der Waals surface area (Å²) in [5, 5.41) is 5.36. The van der Waals surface area contributed by atoms with E-state index < -0.39 is 34.6 Å². The van der Waals surface area contributed by atoms with Crippen molar-refractivity contribution in [1.29, 1.82) is 0 Å². The number of fused-ring (bicyclic) bond motifs is 4. The van der Waals surface area contributed by atoms with E-state index in [0.29, 0.717) is 21.5 Å². The average molecular weight is 521 g/mol. The van der Waals surface area contributed by atoms with Crippen molar-refractivity contribution in [2.24, 2.45) is 0 Å². The molecule has 39 heavy (non-hydrogen) atoms. The van der Waals surface area contributed by atoms with Gasteiger partial charge in [-0.05, 0) is 78.5 Å². The fraction of sp³-hybridized carbons (Fsp3) is 0. The minimum Gasteiger partial charge on any atom is -0.203 e. The highest BCUT2D eigenvalue weighted by Gasteiger charge is 2.30. The van der Waals surface area contributed by atoms with Crippen LogP contribution in [-0.2, 0) is 0 Å². The molecule has 0 aliphatic carbocycles. The van der Waals surface area contributed by atoms with E-state index in [1.54, 1.807) is 12.1 Å². The summed E-state index contributed by atoms with van der Waals surface area (Å²) in [5.74, 6) is -9.84. The van der Waals surface area contributed by atoms with Crippen LogP contribution in [0.1, 0.15) is 0 Å². The van der Waals surface area contributed by atoms with Crippen molar-refractivity contribution in [3.63, 3.8) is 0 Å². The lowest BCUT2D eigenvalue weighted by atomic mass is 9.83. The fourth-order valence-electron chi connectivity index (χ4n) is 5.61. The number of rotatable bonds is 2. The molecule has 0 saturated carbocycles. The maximum Gasteiger partial charge on any atom is 0.200 e. The molecule has 5 heteroatoms. The van der Waals surface area contributed by atoms with Gasteiger partial charge in [-0.3, -0.25) is 0 Å². The molecule has 0 aliphatic rings. The molecule has 0 unspecified atom stereocenters. The van der Waals surface area contributed by atoms with Gasteiger partial charge < -0.3 is 0 Å². The van der Waals surface area contributed by atoms with Crippen molar-refractivity contribution in [3.05, 3.63) is 132 Å². The van der Waals surface area contributed by atoms with Gasteiger partial charge in [0.05, 0.1) is 5.56 Å². The number of hydrogen-bond acceptors (Lipinski definition) is 0. The normalized spacial score (nSPS) is 11.7. The molecular formula is C34H17F5. The molecular weight excluding hydrogens is 503 g/mol. The first-order valence-corrected chi connectivity index (χ1v) is 12.3. The van der Waals surface area contributed by atoms with Crippen LogP contribution in [0, 0.1) is 29.1 Å². The van der Waals surface area contributed by atoms with E-state index in [0.717, 1.165) is 32.7 Å². The third kappa shape index (κ3) is 3.43. The first kappa shape index (κ1) is 23.4. The van der Waals surface area contributed by atoms with Crippen LogP contribution in [0.25, 0.3) is 65.3 Å². The van der Waals surface area contributed by atoms with Crippen LogP contribution in [-0.4, -0.2) is 0 Å². The standard InChI is InChI=1S/C34H17F5/c35-30-29(31(36)33(38)34(39)32(30)37)28-25-16-21-12-6-4-10-19(21)14-23(25)27(18-8-2-1-3-9-18)24-15-20-11-5-7-13-22(20)17-26(24)28/h1-17H. The van der Waals surface area contributed by atoms with Gasteiger partial charge >= 0.3 is 0 Å². The van der Waals surface area contributed by atoms with Gasteiger partial charge in [0.2, 0.25) is 5.82 Å². The van der Waals surface area contributed by atoms with E-state index in [9.17, 15) is 13.2 Å². The van der Waals surface area contributed by atoms with Gasteiger partial charge in [-0.25, -0.2) is 22.0 Å². The molecule has 0 bridgehead atoms. The highest BCUT2D eigenvalue weighted by atomic mass is 19.2. The topological polar surface area (TPSA) is 0 Å². The summed E-state index contributed by atoms with van der Waals surface area (Å²) in [6.07, 6.45) is 0. The van der Waals surface area contributed by atoms with Crippen molar-refractivity contribution in [2.45, 2.75) is 0 Å². The Morgan fingerprint density at radius 3 is 1.05 bits per heavy atom. The van der Waals surface area contributed by atoms with Gasteiger partial charge in [0.1, 0.15) is 0 Å². The lowest BCUT2D eigenvalue weighted by Gasteiger charge is -2.20. The zero-order valence-corrected chi connectivity index (χ0v) is 20.2. The predicted octanol–water partition coefficient (Wildman–Crippen LogP) is 10.3. The molecule has 0 aliphatic heterocycles. The summed E-state index contributed by atoms with van der Waals surface area (Å²) in [5.41, 5.74) is 0.697. The lowest BCUT2D eigenvalue weighted by molar-refractivity contribution is 0.381. The molecule has 0 heterocycles. The number of benzene rings is 7. The Morgan fingerprint density at radius 2 is 0.641 bits per heavy atom. The summed E-state index contributed by atoms with van der Waals surface area (Å²) >= 11 is 0. The molecule has 0 nitrogen and oxygen atoms in total. The summed E-state index contributed by atoms with van der Waals surface area (Å²) in [4.78, 5) is 0. The quantitative estimate of drug-likeness (QED) is 0.0921. The summed E-state index contributed by atoms with van der Waals surface area (Å²) < 4.78 is 74.2. The highest BCUT2D eigenvalue weighted by Crippen LogP contribution is 2.47. The second kappa shape index (κ2) is 8.63. The second-order valence-corrected chi connectivity index (χ2v) is 9.55. The number of halogens is 5. The molecule has 0 atom stereocenters. The van der Waals surface area contributed by atoms with Crippen molar-refractivity contribution in [3.8, 4) is 22.3 Å². The molecule has 7 aromatic rings. The van der Waals surface area contributed by atoms with E-state index in [1.165, 1.54) is 0 Å². The van der Waals surface area contributed by atoms with E-state index in [4.69, 9.17) is 0 Å². The molecule has 7 aromatic carbocycles. The first-order valence-electron chi connectivity index (χ1n) is 12.3. The molecule has 188 valence electrons. The summed E-state index contributed by atoms with van der Waals surface area (Å²) in [6.45, 7) is 0. The molecule has 0 radical (unpaired) electrons. The van der Waals surface area contributed by atoms with Crippen LogP contribution in [0.4, 0.5) is 22.0 Å². The lowest BCUT2D eigenvalue weighted by Crippen LogP contribution is -2.05. The first-order chi connectivity index (χ1) is 18.9. The Hall–Kier alpha value is -4.77. The Bertz CT molecular complexity index is 1990. The minimum absolute atomic E-state index is 0.0380. The summed E-state index contributed by atoms with van der Waals surface area (Å²) in [7, 11) is 0. The van der Waals surface area contributed by atoms with Crippen molar-refractivity contribution < 1.29 is 22.0 Å². The SMILES string of the molecule is Fc1c(F)c(F)c(-c2c3cc4ccccc4cc3c(-c3ccccc3)c3cc4ccccc4cc23)c(F)c1F. The third-order valence-corrected chi connectivity index (χ3v) is 7.37. The van der Waals surface area contributed by atoms with E-state index >= 15 is 8.78 Å². The molecule has 0 fully saturated rings. The van der Waals surface area contributed by atoms with Crippen LogP contribution < -0.4 is 0 Å².